The van der Waals surface area contributed by atoms with Gasteiger partial charge in [0.05, 0.1) is 11.7 Å². The maximum atomic E-state index is 4.13. The summed E-state index contributed by atoms with van der Waals surface area (Å²) in [6.07, 6.45) is 5.76. The molecular formula is C16H23N3. The van der Waals surface area contributed by atoms with E-state index >= 15 is 0 Å². The van der Waals surface area contributed by atoms with E-state index in [1.165, 1.54) is 30.3 Å². The topological polar surface area (TPSA) is 40.7 Å². The first kappa shape index (κ1) is 12.5. The number of rotatable bonds is 2. The minimum absolute atomic E-state index is 0.499. The molecule has 1 saturated carbocycles. The second kappa shape index (κ2) is 4.55. The molecule has 0 amide bonds. The number of nitrogens with zero attached hydrogens (tertiary/aromatic N) is 1. The highest BCUT2D eigenvalue weighted by Gasteiger charge is 2.32. The van der Waals surface area contributed by atoms with Gasteiger partial charge in [-0.1, -0.05) is 26.8 Å². The second-order valence-corrected chi connectivity index (χ2v) is 6.77. The number of nitrogens with one attached hydrogen (secondary N) is 2. The van der Waals surface area contributed by atoms with Gasteiger partial charge in [0, 0.05) is 17.1 Å². The zero-order chi connectivity index (χ0) is 13.5. The third kappa shape index (κ3) is 2.46. The largest absolute Gasteiger partial charge is 0.381 e. The van der Waals surface area contributed by atoms with E-state index < -0.39 is 0 Å². The van der Waals surface area contributed by atoms with Gasteiger partial charge in [0.1, 0.15) is 0 Å². The molecule has 19 heavy (non-hydrogen) atoms. The highest BCUT2D eigenvalue weighted by atomic mass is 15.1. The number of hydrogen-bond acceptors (Lipinski definition) is 2. The number of aromatic nitrogens is 2. The van der Waals surface area contributed by atoms with E-state index in [-0.39, 0.29) is 0 Å². The number of aromatic amines is 1. The van der Waals surface area contributed by atoms with Crippen LogP contribution in [0.15, 0.2) is 24.4 Å². The van der Waals surface area contributed by atoms with Crippen molar-refractivity contribution in [3.05, 3.63) is 24.4 Å². The molecule has 1 aliphatic rings. The lowest BCUT2D eigenvalue weighted by Crippen LogP contribution is -2.36. The van der Waals surface area contributed by atoms with E-state index in [2.05, 4.69) is 54.5 Å². The predicted octanol–water partition coefficient (Wildman–Crippen LogP) is 4.19. The van der Waals surface area contributed by atoms with Gasteiger partial charge in [0.25, 0.3) is 0 Å². The lowest BCUT2D eigenvalue weighted by molar-refractivity contribution is 0.177. The first-order valence-electron chi connectivity index (χ1n) is 7.24. The SMILES string of the molecule is CC1CC(C)(C)CCC1Nc1cccc2[nH]ncc12. The monoisotopic (exact) mass is 257 g/mol. The average molecular weight is 257 g/mol. The van der Waals surface area contributed by atoms with E-state index in [9.17, 15) is 0 Å². The Morgan fingerprint density at radius 2 is 2.21 bits per heavy atom. The summed E-state index contributed by atoms with van der Waals surface area (Å²) in [6, 6.07) is 6.89. The van der Waals surface area contributed by atoms with Gasteiger partial charge in [-0.05, 0) is 42.7 Å². The number of hydrogen-bond donors (Lipinski definition) is 2. The first-order valence-corrected chi connectivity index (χ1v) is 7.24. The van der Waals surface area contributed by atoms with Gasteiger partial charge in [-0.2, -0.15) is 5.10 Å². The van der Waals surface area contributed by atoms with Crippen LogP contribution in [0.5, 0.6) is 0 Å². The standard InChI is InChI=1S/C16H23N3/c1-11-9-16(2,3)8-7-13(11)18-14-5-4-6-15-12(14)10-17-19-15/h4-6,10-11,13,18H,7-9H2,1-3H3,(H,17,19). The van der Waals surface area contributed by atoms with Gasteiger partial charge in [-0.3, -0.25) is 5.10 Å². The summed E-state index contributed by atoms with van der Waals surface area (Å²) in [5, 5.41) is 12.1. The summed E-state index contributed by atoms with van der Waals surface area (Å²) < 4.78 is 0. The van der Waals surface area contributed by atoms with Gasteiger partial charge >= 0.3 is 0 Å². The van der Waals surface area contributed by atoms with Crippen molar-refractivity contribution in [3.8, 4) is 0 Å². The molecule has 1 aliphatic carbocycles. The van der Waals surface area contributed by atoms with Crippen LogP contribution in [0, 0.1) is 11.3 Å². The highest BCUT2D eigenvalue weighted by molar-refractivity contribution is 5.90. The van der Waals surface area contributed by atoms with Crippen LogP contribution in [-0.2, 0) is 0 Å². The van der Waals surface area contributed by atoms with Crippen molar-refractivity contribution >= 4 is 16.6 Å². The first-order chi connectivity index (χ1) is 9.05. The lowest BCUT2D eigenvalue weighted by atomic mass is 9.70. The molecule has 0 saturated heterocycles. The minimum atomic E-state index is 0.499. The van der Waals surface area contributed by atoms with Gasteiger partial charge in [0.15, 0.2) is 0 Å². The number of H-pyrrole nitrogens is 1. The fourth-order valence-electron chi connectivity index (χ4n) is 3.45. The second-order valence-electron chi connectivity index (χ2n) is 6.77. The third-order valence-corrected chi connectivity index (χ3v) is 4.52. The summed E-state index contributed by atoms with van der Waals surface area (Å²) in [5.74, 6) is 0.714. The summed E-state index contributed by atoms with van der Waals surface area (Å²) in [7, 11) is 0. The fourth-order valence-corrected chi connectivity index (χ4v) is 3.45. The Balaban J connectivity index is 1.80. The van der Waals surface area contributed by atoms with Crippen molar-refractivity contribution in [3.63, 3.8) is 0 Å². The molecule has 102 valence electrons. The lowest BCUT2D eigenvalue weighted by Gasteiger charge is -2.40. The molecule has 2 atom stereocenters. The molecule has 1 aromatic carbocycles. The molecule has 2 aromatic rings. The van der Waals surface area contributed by atoms with Crippen LogP contribution in [0.2, 0.25) is 0 Å². The molecule has 3 nitrogen and oxygen atoms in total. The Morgan fingerprint density at radius 1 is 1.37 bits per heavy atom. The van der Waals surface area contributed by atoms with Crippen LogP contribution in [0.25, 0.3) is 10.9 Å². The summed E-state index contributed by atoms with van der Waals surface area (Å²) in [6.45, 7) is 7.14. The quantitative estimate of drug-likeness (QED) is 0.847. The predicted molar refractivity (Wildman–Crippen MR) is 80.3 cm³/mol. The molecule has 0 aliphatic heterocycles. The summed E-state index contributed by atoms with van der Waals surface area (Å²) in [4.78, 5) is 0. The van der Waals surface area contributed by atoms with Crippen molar-refractivity contribution in [2.75, 3.05) is 5.32 Å². The Kier molecular flexibility index (Phi) is 3.00. The summed E-state index contributed by atoms with van der Waals surface area (Å²) in [5.41, 5.74) is 2.82. The van der Waals surface area contributed by atoms with Crippen LogP contribution < -0.4 is 5.32 Å². The Labute approximate surface area is 114 Å². The maximum Gasteiger partial charge on any atom is 0.0671 e. The van der Waals surface area contributed by atoms with Crippen molar-refractivity contribution in [2.24, 2.45) is 11.3 Å². The van der Waals surface area contributed by atoms with Crippen LogP contribution in [-0.4, -0.2) is 16.2 Å². The van der Waals surface area contributed by atoms with Crippen molar-refractivity contribution in [2.45, 2.75) is 46.1 Å². The number of benzene rings is 1. The Morgan fingerprint density at radius 3 is 3.00 bits per heavy atom. The zero-order valence-corrected chi connectivity index (χ0v) is 12.0. The minimum Gasteiger partial charge on any atom is -0.381 e. The molecule has 1 fully saturated rings. The zero-order valence-electron chi connectivity index (χ0n) is 12.0. The molecule has 3 heteroatoms. The van der Waals surface area contributed by atoms with E-state index in [1.807, 2.05) is 6.20 Å². The van der Waals surface area contributed by atoms with Gasteiger partial charge in [0.2, 0.25) is 0 Å². The van der Waals surface area contributed by atoms with Crippen LogP contribution >= 0.6 is 0 Å². The molecule has 0 bridgehead atoms. The third-order valence-electron chi connectivity index (χ3n) is 4.52. The molecule has 2 N–H and O–H groups in total. The Hall–Kier alpha value is -1.51. The smallest absolute Gasteiger partial charge is 0.0671 e. The fraction of sp³-hybridized carbons (Fsp3) is 0.562. The Bertz CT molecular complexity index is 570. The van der Waals surface area contributed by atoms with Gasteiger partial charge < -0.3 is 5.32 Å². The molecule has 1 heterocycles. The van der Waals surface area contributed by atoms with Crippen LogP contribution in [0.4, 0.5) is 5.69 Å². The van der Waals surface area contributed by atoms with Gasteiger partial charge in [-0.15, -0.1) is 0 Å². The van der Waals surface area contributed by atoms with E-state index in [0.29, 0.717) is 17.4 Å². The molecular weight excluding hydrogens is 234 g/mol. The van der Waals surface area contributed by atoms with Gasteiger partial charge in [-0.25, -0.2) is 0 Å². The van der Waals surface area contributed by atoms with E-state index in [4.69, 9.17) is 0 Å². The van der Waals surface area contributed by atoms with E-state index in [0.717, 1.165) is 5.52 Å². The highest BCUT2D eigenvalue weighted by Crippen LogP contribution is 2.40. The molecule has 3 rings (SSSR count). The normalized spacial score (nSPS) is 26.5. The molecule has 2 unspecified atom stereocenters. The summed E-state index contributed by atoms with van der Waals surface area (Å²) >= 11 is 0. The van der Waals surface area contributed by atoms with Crippen molar-refractivity contribution in [1.29, 1.82) is 0 Å². The van der Waals surface area contributed by atoms with Crippen molar-refractivity contribution in [1.82, 2.24) is 10.2 Å². The number of fused-ring (bicyclic) bond motifs is 1. The molecule has 0 radical (unpaired) electrons. The average Bonchev–Trinajstić information content (AvgIpc) is 2.81. The molecule has 0 spiro atoms. The van der Waals surface area contributed by atoms with Crippen LogP contribution in [0.3, 0.4) is 0 Å². The maximum absolute atomic E-state index is 4.13. The van der Waals surface area contributed by atoms with Crippen molar-refractivity contribution < 1.29 is 0 Å². The van der Waals surface area contributed by atoms with Crippen LogP contribution in [0.1, 0.15) is 40.0 Å². The van der Waals surface area contributed by atoms with E-state index in [1.54, 1.807) is 0 Å². The molecule has 1 aromatic heterocycles. The number of anilines is 1.